The van der Waals surface area contributed by atoms with E-state index < -0.39 is 0 Å². The van der Waals surface area contributed by atoms with E-state index in [1.165, 1.54) is 27.9 Å². The lowest BCUT2D eigenvalue weighted by molar-refractivity contribution is -0.664. The number of hydrogen-bond acceptors (Lipinski definition) is 2. The van der Waals surface area contributed by atoms with Crippen LogP contribution < -0.4 is 9.30 Å². The molecule has 5 aromatic rings. The number of hydrogen-bond donors (Lipinski definition) is 0. The highest BCUT2D eigenvalue weighted by Crippen LogP contribution is 2.15. The molecule has 4 heteroatoms. The Balaban J connectivity index is 1.37. The van der Waals surface area contributed by atoms with Crippen LogP contribution in [0.3, 0.4) is 0 Å². The summed E-state index contributed by atoms with van der Waals surface area (Å²) in [7, 11) is 1.69. The number of imidazole rings is 1. The van der Waals surface area contributed by atoms with Crippen LogP contribution in [0.1, 0.15) is 27.9 Å². The van der Waals surface area contributed by atoms with Crippen molar-refractivity contribution in [3.8, 4) is 5.75 Å². The molecule has 0 aliphatic carbocycles. The molecule has 0 saturated carbocycles. The third kappa shape index (κ3) is 4.40. The van der Waals surface area contributed by atoms with Gasteiger partial charge in [-0.3, -0.25) is 0 Å². The van der Waals surface area contributed by atoms with Crippen LogP contribution in [-0.2, 0) is 19.4 Å². The predicted octanol–water partition coefficient (Wildman–Crippen LogP) is 4.86. The molecule has 0 aliphatic rings. The number of ether oxygens (including phenoxy) is 1. The largest absolute Gasteiger partial charge is 0.497 e. The van der Waals surface area contributed by atoms with E-state index in [4.69, 9.17) is 4.74 Å². The SMILES string of the molecule is COc1ccc(C[n+]2cc(Cc3ccc(Cc4ccccc4)cc3)n3cccnc32)cc1. The van der Waals surface area contributed by atoms with Gasteiger partial charge in [0.2, 0.25) is 0 Å². The average Bonchev–Trinajstić information content (AvgIpc) is 3.18. The molecular weight excluding hydrogens is 394 g/mol. The lowest BCUT2D eigenvalue weighted by Gasteiger charge is -2.04. The van der Waals surface area contributed by atoms with Crippen LogP contribution in [0.5, 0.6) is 5.75 Å². The predicted molar refractivity (Wildman–Crippen MR) is 126 cm³/mol. The molecule has 0 N–H and O–H groups in total. The Labute approximate surface area is 188 Å². The van der Waals surface area contributed by atoms with Crippen LogP contribution in [-0.4, -0.2) is 16.5 Å². The van der Waals surface area contributed by atoms with Crippen molar-refractivity contribution in [1.82, 2.24) is 9.38 Å². The van der Waals surface area contributed by atoms with Gasteiger partial charge in [-0.15, -0.1) is 0 Å². The highest BCUT2D eigenvalue weighted by atomic mass is 16.5. The van der Waals surface area contributed by atoms with Crippen molar-refractivity contribution in [3.63, 3.8) is 0 Å². The minimum atomic E-state index is 0.764. The molecule has 0 atom stereocenters. The number of benzene rings is 3. The van der Waals surface area contributed by atoms with E-state index in [-0.39, 0.29) is 0 Å². The van der Waals surface area contributed by atoms with Gasteiger partial charge < -0.3 is 4.74 Å². The van der Waals surface area contributed by atoms with Gasteiger partial charge in [0.05, 0.1) is 19.9 Å². The van der Waals surface area contributed by atoms with E-state index in [0.29, 0.717) is 0 Å². The summed E-state index contributed by atoms with van der Waals surface area (Å²) < 4.78 is 9.67. The molecule has 0 aliphatic heterocycles. The van der Waals surface area contributed by atoms with Crippen LogP contribution >= 0.6 is 0 Å². The Morgan fingerprint density at radius 3 is 2.12 bits per heavy atom. The summed E-state index contributed by atoms with van der Waals surface area (Å²) in [6, 6.07) is 29.7. The average molecular weight is 421 g/mol. The Morgan fingerprint density at radius 1 is 0.750 bits per heavy atom. The van der Waals surface area contributed by atoms with Crippen LogP contribution in [0.25, 0.3) is 5.78 Å². The van der Waals surface area contributed by atoms with Crippen LogP contribution in [0.4, 0.5) is 0 Å². The quantitative estimate of drug-likeness (QED) is 0.352. The van der Waals surface area contributed by atoms with Gasteiger partial charge >= 0.3 is 5.78 Å². The molecule has 0 bridgehead atoms. The van der Waals surface area contributed by atoms with Crippen molar-refractivity contribution < 1.29 is 9.30 Å². The number of aromatic nitrogens is 3. The highest BCUT2D eigenvalue weighted by molar-refractivity contribution is 5.33. The zero-order valence-corrected chi connectivity index (χ0v) is 18.2. The van der Waals surface area contributed by atoms with Crippen molar-refractivity contribution in [1.29, 1.82) is 0 Å². The van der Waals surface area contributed by atoms with Crippen LogP contribution in [0.15, 0.2) is 104 Å². The molecule has 4 nitrogen and oxygen atoms in total. The molecule has 158 valence electrons. The number of methoxy groups -OCH3 is 1. The Morgan fingerprint density at radius 2 is 1.41 bits per heavy atom. The van der Waals surface area contributed by atoms with Crippen molar-refractivity contribution in [2.45, 2.75) is 19.4 Å². The molecule has 3 aromatic carbocycles. The standard InChI is InChI=1S/C28H26N3O/c1-32-27-14-12-25(13-15-27)20-30-21-26(31-17-5-16-29-28(30)31)19-24-10-8-23(9-11-24)18-22-6-3-2-4-7-22/h2-17,21H,18-20H2,1H3/q+1. The van der Waals surface area contributed by atoms with Gasteiger partial charge in [0.1, 0.15) is 23.8 Å². The molecule has 0 saturated heterocycles. The number of nitrogens with zero attached hydrogens (tertiary/aromatic N) is 3. The molecule has 2 aromatic heterocycles. The molecule has 0 amide bonds. The van der Waals surface area contributed by atoms with Gasteiger partial charge in [-0.25, -0.2) is 8.97 Å². The maximum Gasteiger partial charge on any atom is 0.403 e. The van der Waals surface area contributed by atoms with Crippen molar-refractivity contribution >= 4 is 5.78 Å². The van der Waals surface area contributed by atoms with Gasteiger partial charge in [-0.1, -0.05) is 71.7 Å². The molecule has 0 unspecified atom stereocenters. The minimum absolute atomic E-state index is 0.764. The molecule has 0 radical (unpaired) electrons. The number of rotatable bonds is 7. The normalized spacial score (nSPS) is 11.0. The Bertz CT molecular complexity index is 1310. The van der Waals surface area contributed by atoms with E-state index >= 15 is 0 Å². The van der Waals surface area contributed by atoms with E-state index in [0.717, 1.165) is 30.9 Å². The van der Waals surface area contributed by atoms with Gasteiger partial charge in [0.15, 0.2) is 0 Å². The van der Waals surface area contributed by atoms with Crippen LogP contribution in [0, 0.1) is 0 Å². The summed E-state index contributed by atoms with van der Waals surface area (Å²) >= 11 is 0. The first-order chi connectivity index (χ1) is 15.8. The zero-order valence-electron chi connectivity index (χ0n) is 18.2. The molecule has 0 fully saturated rings. The summed E-state index contributed by atoms with van der Waals surface area (Å²) in [6.07, 6.45) is 7.97. The lowest BCUT2D eigenvalue weighted by atomic mass is 10.0. The fraction of sp³-hybridized carbons (Fsp3) is 0.143. The van der Waals surface area contributed by atoms with E-state index in [9.17, 15) is 0 Å². The van der Waals surface area contributed by atoms with Crippen molar-refractivity contribution in [2.75, 3.05) is 7.11 Å². The van der Waals surface area contributed by atoms with Crippen molar-refractivity contribution in [3.05, 3.63) is 131 Å². The summed E-state index contributed by atoms with van der Waals surface area (Å²) in [5, 5.41) is 0. The topological polar surface area (TPSA) is 30.4 Å². The highest BCUT2D eigenvalue weighted by Gasteiger charge is 2.17. The van der Waals surface area contributed by atoms with E-state index in [1.807, 2.05) is 24.4 Å². The first-order valence-electron chi connectivity index (χ1n) is 10.9. The minimum Gasteiger partial charge on any atom is -0.497 e. The maximum absolute atomic E-state index is 5.28. The van der Waals surface area contributed by atoms with Gasteiger partial charge in [-0.05, 0) is 40.8 Å². The second-order valence-corrected chi connectivity index (χ2v) is 8.04. The van der Waals surface area contributed by atoms with E-state index in [1.54, 1.807) is 7.11 Å². The lowest BCUT2D eigenvalue weighted by Crippen LogP contribution is -2.33. The zero-order chi connectivity index (χ0) is 21.8. The molecule has 32 heavy (non-hydrogen) atoms. The summed E-state index contributed by atoms with van der Waals surface area (Å²) in [6.45, 7) is 0.764. The third-order valence-electron chi connectivity index (χ3n) is 5.77. The van der Waals surface area contributed by atoms with Gasteiger partial charge in [-0.2, -0.15) is 0 Å². The van der Waals surface area contributed by atoms with Gasteiger partial charge in [0, 0.05) is 12.5 Å². The summed E-state index contributed by atoms with van der Waals surface area (Å²) in [5.74, 6) is 1.81. The Hall–Kier alpha value is -3.92. The monoisotopic (exact) mass is 420 g/mol. The molecule has 2 heterocycles. The molecular formula is C28H26N3O+. The Kier molecular flexibility index (Phi) is 5.67. The molecule has 5 rings (SSSR count). The second kappa shape index (κ2) is 9.06. The summed E-state index contributed by atoms with van der Waals surface area (Å²) in [4.78, 5) is 4.64. The fourth-order valence-electron chi connectivity index (χ4n) is 4.09. The fourth-order valence-corrected chi connectivity index (χ4v) is 4.09. The second-order valence-electron chi connectivity index (χ2n) is 8.04. The first kappa shape index (κ1) is 20.0. The molecule has 0 spiro atoms. The van der Waals surface area contributed by atoms with Gasteiger partial charge in [0.25, 0.3) is 0 Å². The first-order valence-corrected chi connectivity index (χ1v) is 10.9. The van der Waals surface area contributed by atoms with Crippen molar-refractivity contribution in [2.24, 2.45) is 0 Å². The van der Waals surface area contributed by atoms with E-state index in [2.05, 4.69) is 93.1 Å². The maximum atomic E-state index is 5.28. The smallest absolute Gasteiger partial charge is 0.403 e. The third-order valence-corrected chi connectivity index (χ3v) is 5.77. The summed E-state index contributed by atoms with van der Waals surface area (Å²) in [5.41, 5.74) is 6.39. The van der Waals surface area contributed by atoms with Crippen LogP contribution in [0.2, 0.25) is 0 Å². The number of fused-ring (bicyclic) bond motifs is 1.